The van der Waals surface area contributed by atoms with E-state index in [1.54, 1.807) is 0 Å². The number of piperazine rings is 1. The van der Waals surface area contributed by atoms with Gasteiger partial charge in [-0.2, -0.15) is 0 Å². The Morgan fingerprint density at radius 3 is 1.22 bits per heavy atom. The molecule has 2 aromatic carbocycles. The molecule has 3 aromatic rings. The van der Waals surface area contributed by atoms with Crippen LogP contribution in [0, 0.1) is 0 Å². The minimum Gasteiger partial charge on any atom is -0.355 e. The Balaban J connectivity index is 0.000000220. The highest BCUT2D eigenvalue weighted by Crippen LogP contribution is 2.23. The summed E-state index contributed by atoms with van der Waals surface area (Å²) >= 11 is 0. The van der Waals surface area contributed by atoms with E-state index in [9.17, 15) is 0 Å². The third-order valence-corrected chi connectivity index (χ3v) is 3.81. The van der Waals surface area contributed by atoms with E-state index in [2.05, 4.69) is 76.3 Å². The van der Waals surface area contributed by atoms with Gasteiger partial charge in [0.2, 0.25) is 0 Å². The molecule has 1 aliphatic rings. The smallest absolute Gasteiger partial charge is 0.0458 e. The van der Waals surface area contributed by atoms with Gasteiger partial charge in [-0.1, -0.05) is 60.7 Å². The van der Waals surface area contributed by atoms with Crippen molar-refractivity contribution in [1.82, 2.24) is 15.6 Å². The zero-order valence-electron chi connectivity index (χ0n) is 13.3. The van der Waals surface area contributed by atoms with E-state index in [0.29, 0.717) is 0 Å². The molecule has 0 saturated carbocycles. The van der Waals surface area contributed by atoms with Crippen LogP contribution in [0.25, 0.3) is 22.5 Å². The first kappa shape index (κ1) is 15.5. The van der Waals surface area contributed by atoms with E-state index < -0.39 is 0 Å². The number of rotatable bonds is 2. The van der Waals surface area contributed by atoms with Crippen molar-refractivity contribution in [3.63, 3.8) is 0 Å². The maximum Gasteiger partial charge on any atom is 0.0458 e. The second-order valence-corrected chi connectivity index (χ2v) is 5.52. The molecule has 0 unspecified atom stereocenters. The van der Waals surface area contributed by atoms with E-state index in [1.165, 1.54) is 11.1 Å². The van der Waals surface area contributed by atoms with Crippen molar-refractivity contribution in [1.29, 1.82) is 0 Å². The molecular weight excluding hydrogens is 282 g/mol. The zero-order chi connectivity index (χ0) is 15.7. The average molecular weight is 305 g/mol. The van der Waals surface area contributed by atoms with Crippen LogP contribution in [0.4, 0.5) is 0 Å². The Morgan fingerprint density at radius 2 is 0.870 bits per heavy atom. The molecule has 0 bridgehead atoms. The topological polar surface area (TPSA) is 39.8 Å². The Kier molecular flexibility index (Phi) is 5.62. The van der Waals surface area contributed by atoms with Gasteiger partial charge in [0.15, 0.2) is 0 Å². The lowest BCUT2D eigenvalue weighted by molar-refractivity contribution is 0.534. The molecule has 3 heteroatoms. The zero-order valence-corrected chi connectivity index (χ0v) is 13.3. The summed E-state index contributed by atoms with van der Waals surface area (Å²) in [5.41, 5.74) is 4.75. The summed E-state index contributed by atoms with van der Waals surface area (Å²) in [4.78, 5) is 3.45. The summed E-state index contributed by atoms with van der Waals surface area (Å²) in [5, 5.41) is 6.44. The van der Waals surface area contributed by atoms with Gasteiger partial charge in [-0.3, -0.25) is 0 Å². The van der Waals surface area contributed by atoms with Crippen LogP contribution in [-0.2, 0) is 0 Å². The lowest BCUT2D eigenvalue weighted by atomic mass is 10.2. The van der Waals surface area contributed by atoms with Gasteiger partial charge in [0.25, 0.3) is 0 Å². The molecule has 0 spiro atoms. The van der Waals surface area contributed by atoms with Crippen LogP contribution in [-0.4, -0.2) is 31.2 Å². The van der Waals surface area contributed by atoms with E-state index in [4.69, 9.17) is 0 Å². The van der Waals surface area contributed by atoms with E-state index in [-0.39, 0.29) is 0 Å². The highest BCUT2D eigenvalue weighted by molar-refractivity contribution is 5.67. The van der Waals surface area contributed by atoms with Crippen molar-refractivity contribution in [2.75, 3.05) is 26.2 Å². The SMILES string of the molecule is C1CNCCN1.c1ccc(-c2ccc(-c3ccccc3)[nH]2)cc1. The van der Waals surface area contributed by atoms with Crippen LogP contribution in [0.5, 0.6) is 0 Å². The molecule has 4 rings (SSSR count). The first-order valence-electron chi connectivity index (χ1n) is 8.15. The van der Waals surface area contributed by atoms with Crippen molar-refractivity contribution in [2.45, 2.75) is 0 Å². The molecule has 0 amide bonds. The predicted molar refractivity (Wildman–Crippen MR) is 97.4 cm³/mol. The van der Waals surface area contributed by atoms with Gasteiger partial charge in [0.1, 0.15) is 0 Å². The Bertz CT molecular complexity index is 620. The fourth-order valence-electron chi connectivity index (χ4n) is 2.57. The fourth-order valence-corrected chi connectivity index (χ4v) is 2.57. The maximum absolute atomic E-state index is 3.45. The molecule has 1 saturated heterocycles. The number of aromatic amines is 1. The number of nitrogens with one attached hydrogen (secondary N) is 3. The van der Waals surface area contributed by atoms with Gasteiger partial charge >= 0.3 is 0 Å². The van der Waals surface area contributed by atoms with Crippen LogP contribution in [0.2, 0.25) is 0 Å². The summed E-state index contributed by atoms with van der Waals surface area (Å²) in [6.45, 7) is 4.56. The highest BCUT2D eigenvalue weighted by atomic mass is 15.0. The number of hydrogen-bond acceptors (Lipinski definition) is 2. The second kappa shape index (κ2) is 8.32. The number of benzene rings is 2. The summed E-state index contributed by atoms with van der Waals surface area (Å²) in [6.07, 6.45) is 0. The molecule has 2 heterocycles. The molecule has 1 aromatic heterocycles. The molecule has 3 nitrogen and oxygen atoms in total. The molecule has 0 atom stereocenters. The molecule has 1 fully saturated rings. The molecule has 1 aliphatic heterocycles. The van der Waals surface area contributed by atoms with E-state index >= 15 is 0 Å². The van der Waals surface area contributed by atoms with Crippen molar-refractivity contribution in [3.8, 4) is 22.5 Å². The minimum atomic E-state index is 1.14. The quantitative estimate of drug-likeness (QED) is 0.678. The molecule has 23 heavy (non-hydrogen) atoms. The largest absolute Gasteiger partial charge is 0.355 e. The maximum atomic E-state index is 3.45. The van der Waals surface area contributed by atoms with Crippen molar-refractivity contribution in [2.24, 2.45) is 0 Å². The highest BCUT2D eigenvalue weighted by Gasteiger charge is 2.02. The number of aromatic nitrogens is 1. The van der Waals surface area contributed by atoms with Crippen molar-refractivity contribution < 1.29 is 0 Å². The first-order chi connectivity index (χ1) is 11.4. The third-order valence-electron chi connectivity index (χ3n) is 3.81. The van der Waals surface area contributed by atoms with Crippen molar-refractivity contribution >= 4 is 0 Å². The van der Waals surface area contributed by atoms with Crippen LogP contribution in [0.3, 0.4) is 0 Å². The van der Waals surface area contributed by atoms with Gasteiger partial charge < -0.3 is 15.6 Å². The summed E-state index contributed by atoms with van der Waals surface area (Å²) in [5.74, 6) is 0. The lowest BCUT2D eigenvalue weighted by Gasteiger charge is -2.11. The van der Waals surface area contributed by atoms with Gasteiger partial charge in [-0.25, -0.2) is 0 Å². The van der Waals surface area contributed by atoms with Crippen molar-refractivity contribution in [3.05, 3.63) is 72.8 Å². The van der Waals surface area contributed by atoms with E-state index in [1.807, 2.05) is 12.1 Å². The van der Waals surface area contributed by atoms with Crippen LogP contribution >= 0.6 is 0 Å². The van der Waals surface area contributed by atoms with Gasteiger partial charge in [0, 0.05) is 37.6 Å². The third kappa shape index (κ3) is 4.55. The predicted octanol–water partition coefficient (Wildman–Crippen LogP) is 3.53. The fraction of sp³-hybridized carbons (Fsp3) is 0.200. The monoisotopic (exact) mass is 305 g/mol. The van der Waals surface area contributed by atoms with Gasteiger partial charge in [-0.05, 0) is 23.3 Å². The summed E-state index contributed by atoms with van der Waals surface area (Å²) < 4.78 is 0. The van der Waals surface area contributed by atoms with Crippen LogP contribution in [0.1, 0.15) is 0 Å². The normalized spacial score (nSPS) is 13.9. The first-order valence-corrected chi connectivity index (χ1v) is 8.15. The summed E-state index contributed by atoms with van der Waals surface area (Å²) in [7, 11) is 0. The molecule has 0 radical (unpaired) electrons. The minimum absolute atomic E-state index is 1.14. The Morgan fingerprint density at radius 1 is 0.478 bits per heavy atom. The molecule has 0 aliphatic carbocycles. The van der Waals surface area contributed by atoms with Gasteiger partial charge in [-0.15, -0.1) is 0 Å². The number of hydrogen-bond donors (Lipinski definition) is 3. The average Bonchev–Trinajstić information content (AvgIpc) is 3.15. The second-order valence-electron chi connectivity index (χ2n) is 5.52. The van der Waals surface area contributed by atoms with Crippen LogP contribution < -0.4 is 10.6 Å². The van der Waals surface area contributed by atoms with Crippen LogP contribution in [0.15, 0.2) is 72.8 Å². The van der Waals surface area contributed by atoms with Gasteiger partial charge in [0.05, 0.1) is 0 Å². The molecular formula is C20H23N3. The standard InChI is InChI=1S/C16H13N.C4H10N2/c1-3-7-13(8-4-1)15-11-12-16(17-15)14-9-5-2-6-10-14;1-2-6-4-3-5-1/h1-12,17H;5-6H,1-4H2. The number of H-pyrrole nitrogens is 1. The Labute approximate surface area is 137 Å². The summed E-state index contributed by atoms with van der Waals surface area (Å²) in [6, 6.07) is 25.0. The Hall–Kier alpha value is -2.36. The lowest BCUT2D eigenvalue weighted by Crippen LogP contribution is -2.39. The molecule has 118 valence electrons. The van der Waals surface area contributed by atoms with E-state index in [0.717, 1.165) is 37.6 Å². The molecule has 3 N–H and O–H groups in total.